The second-order valence-electron chi connectivity index (χ2n) is 22.8. The van der Waals surface area contributed by atoms with Crippen LogP contribution in [0.1, 0.15) is 144 Å². The summed E-state index contributed by atoms with van der Waals surface area (Å²) in [7, 11) is 0. The van der Waals surface area contributed by atoms with E-state index in [1.165, 1.54) is 12.1 Å². The summed E-state index contributed by atoms with van der Waals surface area (Å²) in [5, 5.41) is 27.9. The predicted molar refractivity (Wildman–Crippen MR) is 241 cm³/mol. The third-order valence-electron chi connectivity index (χ3n) is 19.8. The summed E-state index contributed by atoms with van der Waals surface area (Å²) in [5.74, 6) is -0.876. The number of terminal acetylenes is 1. The monoisotopic (exact) mass is 887 g/mol. The molecule has 7 rings (SSSR count). The van der Waals surface area contributed by atoms with Crippen molar-refractivity contribution in [3.05, 3.63) is 46.0 Å². The summed E-state index contributed by atoms with van der Waals surface area (Å²) >= 11 is 5.98. The molecule has 344 valence electrons. The standard InChI is InChI=1S/C51H70ClN3O8/c1-12-33(55-40(58)29-13-15-30(52)16-14-29)41(59)54-27-36(57)50-24-23-49(11)47(9)21-22-48(10)45(6,7)37(63-43(62)32-25-31(42(60)61)44(32,4)5)18-19-46(48,8)35(47)17-20-51(49,53)39(50)38(28(2)3)34(56)26-50/h1,13-16,28,31-33,35-37,57H,17-27,53H2,2-11H3,(H,54,59)(H,55,58)(H,60,61)/t31-,32+,33+,35+,36-,37-,46+,47?,48-,49-,50-,51-/m0/s1. The molecule has 11 nitrogen and oxygen atoms in total. The van der Waals surface area contributed by atoms with Gasteiger partial charge in [-0.05, 0) is 132 Å². The summed E-state index contributed by atoms with van der Waals surface area (Å²) in [4.78, 5) is 66.4. The van der Waals surface area contributed by atoms with Crippen LogP contribution in [0.2, 0.25) is 5.02 Å². The quantitative estimate of drug-likeness (QED) is 0.116. The predicted octanol–water partition coefficient (Wildman–Crippen LogP) is 7.66. The van der Waals surface area contributed by atoms with Crippen molar-refractivity contribution in [3.63, 3.8) is 0 Å². The first kappa shape index (κ1) is 47.2. The highest BCUT2D eigenvalue weighted by atomic mass is 35.5. The lowest BCUT2D eigenvalue weighted by Crippen LogP contribution is -2.76. The lowest BCUT2D eigenvalue weighted by molar-refractivity contribution is -0.275. The molecule has 0 saturated heterocycles. The number of carboxylic acid groups (broad SMARTS) is 1. The van der Waals surface area contributed by atoms with E-state index < -0.39 is 63.5 Å². The molecule has 6 aliphatic rings. The maximum Gasteiger partial charge on any atom is 0.309 e. The number of aliphatic hydroxyl groups is 1. The van der Waals surface area contributed by atoms with Gasteiger partial charge < -0.3 is 31.3 Å². The molecule has 63 heavy (non-hydrogen) atoms. The lowest BCUT2D eigenvalue weighted by Gasteiger charge is -2.77. The van der Waals surface area contributed by atoms with E-state index in [2.05, 4.69) is 58.1 Å². The van der Waals surface area contributed by atoms with Gasteiger partial charge in [-0.15, -0.1) is 6.42 Å². The van der Waals surface area contributed by atoms with Crippen molar-refractivity contribution in [3.8, 4) is 12.3 Å². The first-order valence-corrected chi connectivity index (χ1v) is 23.5. The molecule has 1 aromatic carbocycles. The van der Waals surface area contributed by atoms with Gasteiger partial charge in [-0.1, -0.05) is 86.8 Å². The summed E-state index contributed by atoms with van der Waals surface area (Å²) in [5.41, 5.74) is 5.85. The summed E-state index contributed by atoms with van der Waals surface area (Å²) in [6.07, 6.45) is 10.7. The van der Waals surface area contributed by atoms with Gasteiger partial charge in [0.1, 0.15) is 6.10 Å². The summed E-state index contributed by atoms with van der Waals surface area (Å²) in [6.45, 7) is 21.7. The summed E-state index contributed by atoms with van der Waals surface area (Å²) in [6, 6.07) is 4.90. The number of benzene rings is 1. The molecule has 0 bridgehead atoms. The number of fused-ring (bicyclic) bond motifs is 7. The Morgan fingerprint density at radius 3 is 2.11 bits per heavy atom. The van der Waals surface area contributed by atoms with E-state index in [0.29, 0.717) is 42.7 Å². The van der Waals surface area contributed by atoms with Crippen LogP contribution in [0.4, 0.5) is 0 Å². The Morgan fingerprint density at radius 2 is 1.52 bits per heavy atom. The number of Topliss-reactive ketones (excluding diaryl/α,β-unsaturated/α-hetero) is 1. The Balaban J connectivity index is 1.14. The van der Waals surface area contributed by atoms with Gasteiger partial charge in [0.25, 0.3) is 11.8 Å². The van der Waals surface area contributed by atoms with E-state index in [9.17, 15) is 34.2 Å². The Morgan fingerprint density at radius 1 is 0.905 bits per heavy atom. The number of halogens is 1. The number of carbonyl (C=O) groups is 5. The number of aliphatic carboxylic acids is 1. The topological polar surface area (TPSA) is 185 Å². The van der Waals surface area contributed by atoms with Crippen LogP contribution in [0.5, 0.6) is 0 Å². The zero-order valence-electron chi connectivity index (χ0n) is 39.0. The van der Waals surface area contributed by atoms with Crippen molar-refractivity contribution in [2.24, 2.45) is 67.3 Å². The molecule has 0 radical (unpaired) electrons. The van der Waals surface area contributed by atoms with Gasteiger partial charge in [-0.2, -0.15) is 0 Å². The van der Waals surface area contributed by atoms with Crippen LogP contribution in [0.15, 0.2) is 35.4 Å². The number of ether oxygens (including phenoxy) is 1. The second-order valence-corrected chi connectivity index (χ2v) is 23.2. The number of esters is 1. The minimum atomic E-state index is -1.30. The molecule has 12 heteroatoms. The van der Waals surface area contributed by atoms with Gasteiger partial charge in [0, 0.05) is 39.9 Å². The molecule has 6 aliphatic carbocycles. The third kappa shape index (κ3) is 6.52. The Kier molecular flexibility index (Phi) is 11.6. The van der Waals surface area contributed by atoms with E-state index in [4.69, 9.17) is 28.5 Å². The van der Waals surface area contributed by atoms with Gasteiger partial charge in [0.2, 0.25) is 0 Å². The van der Waals surface area contributed by atoms with Crippen LogP contribution < -0.4 is 16.4 Å². The zero-order valence-corrected chi connectivity index (χ0v) is 39.8. The van der Waals surface area contributed by atoms with E-state index >= 15 is 0 Å². The first-order chi connectivity index (χ1) is 29.1. The van der Waals surface area contributed by atoms with Crippen molar-refractivity contribution >= 4 is 41.1 Å². The number of rotatable bonds is 10. The van der Waals surface area contributed by atoms with E-state index in [-0.39, 0.29) is 69.9 Å². The molecule has 6 N–H and O–H groups in total. The van der Waals surface area contributed by atoms with Gasteiger partial charge in [-0.3, -0.25) is 24.0 Å². The number of hydrogen-bond acceptors (Lipinski definition) is 8. The lowest BCUT2D eigenvalue weighted by atomic mass is 9.28. The Bertz CT molecular complexity index is 2180. The van der Waals surface area contributed by atoms with E-state index in [1.807, 2.05) is 27.7 Å². The molecule has 1 aromatic rings. The molecule has 5 fully saturated rings. The van der Waals surface area contributed by atoms with Crippen LogP contribution in [-0.4, -0.2) is 70.1 Å². The fraction of sp³-hybridized carbons (Fsp3) is 0.706. The maximum atomic E-state index is 14.3. The van der Waals surface area contributed by atoms with Crippen LogP contribution in [0.3, 0.4) is 0 Å². The van der Waals surface area contributed by atoms with Gasteiger partial charge >= 0.3 is 11.9 Å². The molecule has 5 saturated carbocycles. The highest BCUT2D eigenvalue weighted by molar-refractivity contribution is 6.30. The number of allylic oxidation sites excluding steroid dienone is 1. The van der Waals surface area contributed by atoms with Gasteiger partial charge in [0.15, 0.2) is 11.8 Å². The zero-order chi connectivity index (χ0) is 46.7. The number of carboxylic acids is 1. The van der Waals surface area contributed by atoms with Crippen molar-refractivity contribution < 1.29 is 38.9 Å². The number of carbonyl (C=O) groups excluding carboxylic acids is 4. The molecule has 0 spiro atoms. The summed E-state index contributed by atoms with van der Waals surface area (Å²) < 4.78 is 6.46. The number of nitrogens with two attached hydrogens (primary N) is 1. The van der Waals surface area contributed by atoms with Crippen molar-refractivity contribution in [1.29, 1.82) is 0 Å². The number of ketones is 1. The van der Waals surface area contributed by atoms with Crippen molar-refractivity contribution in [2.75, 3.05) is 6.54 Å². The fourth-order valence-electron chi connectivity index (χ4n) is 15.1. The highest BCUT2D eigenvalue weighted by Crippen LogP contribution is 2.80. The molecule has 0 aliphatic heterocycles. The van der Waals surface area contributed by atoms with Gasteiger partial charge in [-0.25, -0.2) is 0 Å². The minimum absolute atomic E-state index is 0.00923. The van der Waals surface area contributed by atoms with Crippen LogP contribution >= 0.6 is 11.6 Å². The Labute approximate surface area is 378 Å². The molecule has 12 atom stereocenters. The largest absolute Gasteiger partial charge is 0.481 e. The second kappa shape index (κ2) is 15.4. The van der Waals surface area contributed by atoms with E-state index in [0.717, 1.165) is 31.3 Å². The van der Waals surface area contributed by atoms with E-state index in [1.54, 1.807) is 12.1 Å². The maximum absolute atomic E-state index is 14.3. The number of amides is 2. The van der Waals surface area contributed by atoms with Crippen LogP contribution in [0, 0.1) is 73.9 Å². The van der Waals surface area contributed by atoms with Gasteiger partial charge in [0.05, 0.1) is 17.9 Å². The first-order valence-electron chi connectivity index (χ1n) is 23.1. The molecule has 0 heterocycles. The number of aliphatic hydroxyl groups excluding tert-OH is 1. The fourth-order valence-corrected chi connectivity index (χ4v) is 15.2. The molecule has 0 aromatic heterocycles. The van der Waals surface area contributed by atoms with Crippen molar-refractivity contribution in [2.45, 2.75) is 157 Å². The Hall–Kier alpha value is -3.72. The van der Waals surface area contributed by atoms with Crippen LogP contribution in [-0.2, 0) is 23.9 Å². The average Bonchev–Trinajstić information content (AvgIpc) is 3.53. The number of hydrogen-bond donors (Lipinski definition) is 5. The van der Waals surface area contributed by atoms with Crippen molar-refractivity contribution in [1.82, 2.24) is 10.6 Å². The highest BCUT2D eigenvalue weighted by Gasteiger charge is 2.76. The van der Waals surface area contributed by atoms with Crippen LogP contribution in [0.25, 0.3) is 0 Å². The molecule has 1 unspecified atom stereocenters. The third-order valence-corrected chi connectivity index (χ3v) is 20.1. The SMILES string of the molecule is C#C[C@@H](NC(=O)c1ccc(Cl)cc1)C(=O)NC[C@H](O)[C@@]12CC[C@@]3(C)C4(C)CC[C@@]5(C)C(C)(C)[C@@H](OC(=O)[C@H]6C[C@@H](C(=O)O)C6(C)C)CC[C@]5(C)[C@H]4CC[C@]3(N)C1=C(C(C)C)C(=O)C2. The molecular weight excluding hydrogens is 818 g/mol. The smallest absolute Gasteiger partial charge is 0.309 e. The minimum Gasteiger partial charge on any atom is -0.481 e. The average molecular weight is 889 g/mol. The number of nitrogens with one attached hydrogen (secondary N) is 2. The molecular formula is C51H70ClN3O8. The molecule has 2 amide bonds. The normalized spacial score (nSPS) is 39.5.